The van der Waals surface area contributed by atoms with E-state index in [-0.39, 0.29) is 21.3 Å². The second kappa shape index (κ2) is 9.68. The van der Waals surface area contributed by atoms with Crippen molar-refractivity contribution in [2.75, 3.05) is 15.5 Å². The molecule has 0 fully saturated rings. The van der Waals surface area contributed by atoms with Gasteiger partial charge in [-0.25, -0.2) is 4.90 Å². The minimum absolute atomic E-state index is 0.112. The molecule has 10 heteroatoms. The Bertz CT molecular complexity index is 1390. The molecule has 3 aromatic carbocycles. The van der Waals surface area contributed by atoms with Gasteiger partial charge < -0.3 is 10.6 Å². The lowest BCUT2D eigenvalue weighted by Gasteiger charge is -2.16. The van der Waals surface area contributed by atoms with Crippen molar-refractivity contribution in [3.8, 4) is 0 Å². The molecule has 1 aliphatic heterocycles. The molecule has 3 aromatic rings. The van der Waals surface area contributed by atoms with Crippen molar-refractivity contribution in [1.29, 1.82) is 0 Å². The molecule has 0 aromatic heterocycles. The van der Waals surface area contributed by atoms with E-state index in [0.29, 0.717) is 27.1 Å². The van der Waals surface area contributed by atoms with E-state index < -0.39 is 17.7 Å². The summed E-state index contributed by atoms with van der Waals surface area (Å²) in [7, 11) is 0. The highest BCUT2D eigenvalue weighted by Crippen LogP contribution is 2.33. The van der Waals surface area contributed by atoms with Crippen LogP contribution in [0.5, 0.6) is 0 Å². The van der Waals surface area contributed by atoms with Crippen molar-refractivity contribution >= 4 is 81.2 Å². The smallest absolute Gasteiger partial charge is 0.283 e. The molecule has 0 bridgehead atoms. The van der Waals surface area contributed by atoms with E-state index in [9.17, 15) is 14.4 Å². The maximum absolute atomic E-state index is 13.0. The summed E-state index contributed by atoms with van der Waals surface area (Å²) in [5, 5.41) is 6.20. The van der Waals surface area contributed by atoms with E-state index in [1.54, 1.807) is 55.5 Å². The molecule has 0 unspecified atom stereocenters. The molecular formula is C24H15Cl4N3O3. The Morgan fingerprint density at radius 1 is 0.853 bits per heavy atom. The van der Waals surface area contributed by atoms with Gasteiger partial charge in [-0.3, -0.25) is 14.4 Å². The molecule has 0 spiro atoms. The number of nitrogens with one attached hydrogen (secondary N) is 2. The van der Waals surface area contributed by atoms with Crippen LogP contribution in [0.25, 0.3) is 0 Å². The number of halogens is 4. The van der Waals surface area contributed by atoms with E-state index in [1.807, 2.05) is 0 Å². The fraction of sp³-hybridized carbons (Fsp3) is 0.0417. The molecular weight excluding hydrogens is 520 g/mol. The first-order chi connectivity index (χ1) is 16.2. The summed E-state index contributed by atoms with van der Waals surface area (Å²) in [5.41, 5.74) is 1.99. The first-order valence-electron chi connectivity index (χ1n) is 9.84. The lowest BCUT2D eigenvalue weighted by atomic mass is 10.1. The first-order valence-corrected chi connectivity index (χ1v) is 11.4. The van der Waals surface area contributed by atoms with Crippen LogP contribution in [0.2, 0.25) is 15.1 Å². The summed E-state index contributed by atoms with van der Waals surface area (Å²) in [4.78, 5) is 39.4. The Labute approximate surface area is 215 Å². The zero-order chi connectivity index (χ0) is 24.6. The molecule has 0 saturated carbocycles. The van der Waals surface area contributed by atoms with Gasteiger partial charge in [0.05, 0.1) is 21.4 Å². The number of hydrogen-bond donors (Lipinski definition) is 2. The summed E-state index contributed by atoms with van der Waals surface area (Å²) in [5.74, 6) is -1.77. The van der Waals surface area contributed by atoms with Gasteiger partial charge in [-0.2, -0.15) is 0 Å². The van der Waals surface area contributed by atoms with Crippen LogP contribution in [-0.2, 0) is 9.59 Å². The van der Waals surface area contributed by atoms with Crippen molar-refractivity contribution in [2.24, 2.45) is 0 Å². The number of nitrogens with zero attached hydrogens (tertiary/aromatic N) is 1. The SMILES string of the molecule is Cc1ccc(N2C(=O)C(Cl)=C(Nc3cccc(C(=O)Nc4cccc(Cl)c4Cl)c3)C2=O)cc1Cl. The van der Waals surface area contributed by atoms with Gasteiger partial charge in [0.15, 0.2) is 0 Å². The van der Waals surface area contributed by atoms with E-state index >= 15 is 0 Å². The number of hydrogen-bond acceptors (Lipinski definition) is 4. The molecule has 3 amide bonds. The molecule has 4 rings (SSSR count). The van der Waals surface area contributed by atoms with Crippen LogP contribution in [0.4, 0.5) is 17.1 Å². The number of rotatable bonds is 5. The molecule has 34 heavy (non-hydrogen) atoms. The lowest BCUT2D eigenvalue weighted by molar-refractivity contribution is -0.120. The normalized spacial score (nSPS) is 13.5. The van der Waals surface area contributed by atoms with E-state index in [1.165, 1.54) is 12.1 Å². The lowest BCUT2D eigenvalue weighted by Crippen LogP contribution is -2.32. The van der Waals surface area contributed by atoms with Gasteiger partial charge in [0.1, 0.15) is 10.7 Å². The molecule has 172 valence electrons. The highest BCUT2D eigenvalue weighted by molar-refractivity contribution is 6.53. The van der Waals surface area contributed by atoms with Crippen molar-refractivity contribution in [3.05, 3.63) is 97.6 Å². The quantitative estimate of drug-likeness (QED) is 0.359. The van der Waals surface area contributed by atoms with Crippen LogP contribution in [0.15, 0.2) is 71.4 Å². The predicted molar refractivity (Wildman–Crippen MR) is 136 cm³/mol. The number of benzene rings is 3. The third-order valence-corrected chi connectivity index (χ3v) is 6.61. The van der Waals surface area contributed by atoms with Gasteiger partial charge >= 0.3 is 0 Å². The number of carbonyl (C=O) groups excluding carboxylic acids is 3. The number of anilines is 3. The van der Waals surface area contributed by atoms with Crippen molar-refractivity contribution in [2.45, 2.75) is 6.92 Å². The molecule has 6 nitrogen and oxygen atoms in total. The third-order valence-electron chi connectivity index (χ3n) is 5.03. The fourth-order valence-electron chi connectivity index (χ4n) is 3.24. The fourth-order valence-corrected chi connectivity index (χ4v) is 3.98. The summed E-state index contributed by atoms with van der Waals surface area (Å²) in [6, 6.07) is 16.0. The van der Waals surface area contributed by atoms with Gasteiger partial charge in [0.2, 0.25) is 0 Å². The molecule has 2 N–H and O–H groups in total. The largest absolute Gasteiger partial charge is 0.350 e. The molecule has 0 aliphatic carbocycles. The monoisotopic (exact) mass is 533 g/mol. The molecule has 1 heterocycles. The molecule has 1 aliphatic rings. The Balaban J connectivity index is 1.56. The summed E-state index contributed by atoms with van der Waals surface area (Å²) < 4.78 is 0. The first kappa shape index (κ1) is 24.1. The second-order valence-corrected chi connectivity index (χ2v) is 8.90. The van der Waals surface area contributed by atoms with Crippen LogP contribution < -0.4 is 15.5 Å². The van der Waals surface area contributed by atoms with Crippen molar-refractivity contribution < 1.29 is 14.4 Å². The molecule has 0 saturated heterocycles. The van der Waals surface area contributed by atoms with Gasteiger partial charge in [-0.05, 0) is 55.0 Å². The highest BCUT2D eigenvalue weighted by atomic mass is 35.5. The van der Waals surface area contributed by atoms with Crippen LogP contribution >= 0.6 is 46.4 Å². The predicted octanol–water partition coefficient (Wildman–Crippen LogP) is 6.64. The number of carbonyl (C=O) groups is 3. The second-order valence-electron chi connectivity index (χ2n) is 7.33. The van der Waals surface area contributed by atoms with Gasteiger partial charge in [-0.15, -0.1) is 0 Å². The Morgan fingerprint density at radius 2 is 1.59 bits per heavy atom. The van der Waals surface area contributed by atoms with Crippen molar-refractivity contribution in [3.63, 3.8) is 0 Å². The maximum atomic E-state index is 13.0. The summed E-state index contributed by atoms with van der Waals surface area (Å²) in [6.07, 6.45) is 0. The third kappa shape index (κ3) is 4.63. The van der Waals surface area contributed by atoms with Gasteiger partial charge in [-0.1, -0.05) is 64.6 Å². The van der Waals surface area contributed by atoms with E-state index in [0.717, 1.165) is 10.5 Å². The van der Waals surface area contributed by atoms with Crippen LogP contribution in [0.1, 0.15) is 15.9 Å². The summed E-state index contributed by atoms with van der Waals surface area (Å²) >= 11 is 24.5. The van der Waals surface area contributed by atoms with Crippen LogP contribution in [0.3, 0.4) is 0 Å². The zero-order valence-corrected chi connectivity index (χ0v) is 20.5. The highest BCUT2D eigenvalue weighted by Gasteiger charge is 2.39. The van der Waals surface area contributed by atoms with Crippen LogP contribution in [0, 0.1) is 6.92 Å². The number of amides is 3. The Kier molecular flexibility index (Phi) is 6.86. The van der Waals surface area contributed by atoms with Crippen molar-refractivity contribution in [1.82, 2.24) is 0 Å². The average molecular weight is 535 g/mol. The Hall–Kier alpha value is -3.03. The van der Waals surface area contributed by atoms with Crippen LogP contribution in [-0.4, -0.2) is 17.7 Å². The number of imide groups is 1. The standard InChI is InChI=1S/C24H15Cl4N3O3/c1-12-8-9-15(11-17(12)26)31-23(33)20(28)21(24(31)34)29-14-5-2-4-13(10-14)22(32)30-18-7-3-6-16(25)19(18)27/h2-11,29H,1H3,(H,30,32). The van der Waals surface area contributed by atoms with Gasteiger partial charge in [0, 0.05) is 16.3 Å². The average Bonchev–Trinajstić information content (AvgIpc) is 3.02. The number of aryl methyl sites for hydroxylation is 1. The minimum Gasteiger partial charge on any atom is -0.350 e. The van der Waals surface area contributed by atoms with Gasteiger partial charge in [0.25, 0.3) is 17.7 Å². The van der Waals surface area contributed by atoms with E-state index in [4.69, 9.17) is 46.4 Å². The molecule has 0 radical (unpaired) electrons. The summed E-state index contributed by atoms with van der Waals surface area (Å²) in [6.45, 7) is 1.81. The van der Waals surface area contributed by atoms with E-state index in [2.05, 4.69) is 10.6 Å². The molecule has 0 atom stereocenters. The minimum atomic E-state index is -0.682. The Morgan fingerprint density at radius 3 is 2.32 bits per heavy atom. The maximum Gasteiger partial charge on any atom is 0.283 e. The zero-order valence-electron chi connectivity index (χ0n) is 17.5. The topological polar surface area (TPSA) is 78.5 Å².